The molecule has 0 radical (unpaired) electrons. The maximum absolute atomic E-state index is 11.3. The average Bonchev–Trinajstić information content (AvgIpc) is 2.35. The number of hydrogen-bond acceptors (Lipinski definition) is 6. The van der Waals surface area contributed by atoms with Crippen molar-refractivity contribution in [2.75, 3.05) is 26.8 Å². The molecule has 1 rings (SSSR count). The summed E-state index contributed by atoms with van der Waals surface area (Å²) in [6, 6.07) is 0. The minimum Gasteiger partial charge on any atom is -0.385 e. The van der Waals surface area contributed by atoms with E-state index in [4.69, 9.17) is 4.74 Å². The summed E-state index contributed by atoms with van der Waals surface area (Å²) in [7, 11) is 1.63. The van der Waals surface area contributed by atoms with Crippen molar-refractivity contribution < 1.29 is 9.66 Å². The highest BCUT2D eigenvalue weighted by atomic mass is 16.6. The van der Waals surface area contributed by atoms with Crippen molar-refractivity contribution in [2.45, 2.75) is 13.0 Å². The molecule has 0 aliphatic heterocycles. The second kappa shape index (κ2) is 7.51. The normalized spacial score (nSPS) is 10.5. The van der Waals surface area contributed by atoms with Crippen LogP contribution in [0.15, 0.2) is 17.2 Å². The van der Waals surface area contributed by atoms with Crippen LogP contribution >= 0.6 is 0 Å². The fourth-order valence-electron chi connectivity index (χ4n) is 1.36. The molecule has 0 fully saturated rings. The maximum atomic E-state index is 11.3. The third-order valence-corrected chi connectivity index (χ3v) is 2.28. The Bertz CT molecular complexity index is 446. The van der Waals surface area contributed by atoms with Crippen molar-refractivity contribution in [3.05, 3.63) is 33.0 Å². The lowest BCUT2D eigenvalue weighted by atomic mass is 10.4. The van der Waals surface area contributed by atoms with Crippen molar-refractivity contribution in [1.29, 1.82) is 0 Å². The number of aromatic nitrogens is 2. The molecule has 1 aromatic rings. The smallest absolute Gasteiger partial charge is 0.348 e. The summed E-state index contributed by atoms with van der Waals surface area (Å²) in [5.41, 5.74) is -0.673. The zero-order chi connectivity index (χ0) is 13.4. The summed E-state index contributed by atoms with van der Waals surface area (Å²) in [5.74, 6) is 0. The van der Waals surface area contributed by atoms with E-state index in [1.807, 2.05) is 0 Å². The molecule has 0 saturated heterocycles. The summed E-state index contributed by atoms with van der Waals surface area (Å²) in [4.78, 5) is 24.7. The molecule has 8 heteroatoms. The molecule has 1 N–H and O–H groups in total. The van der Waals surface area contributed by atoms with Gasteiger partial charge in [-0.1, -0.05) is 0 Å². The van der Waals surface area contributed by atoms with Gasteiger partial charge in [-0.2, -0.15) is 4.98 Å². The highest BCUT2D eigenvalue weighted by Crippen LogP contribution is 2.03. The van der Waals surface area contributed by atoms with Crippen LogP contribution in [0.5, 0.6) is 0 Å². The number of nitro groups is 1. The van der Waals surface area contributed by atoms with E-state index in [2.05, 4.69) is 10.3 Å². The highest BCUT2D eigenvalue weighted by molar-refractivity contribution is 5.20. The van der Waals surface area contributed by atoms with E-state index < -0.39 is 10.6 Å². The van der Waals surface area contributed by atoms with Crippen molar-refractivity contribution in [2.24, 2.45) is 0 Å². The van der Waals surface area contributed by atoms with Gasteiger partial charge in [0.05, 0.1) is 11.1 Å². The second-order valence-corrected chi connectivity index (χ2v) is 3.64. The number of hydrogen-bond donors (Lipinski definition) is 1. The molecule has 0 atom stereocenters. The van der Waals surface area contributed by atoms with Crippen molar-refractivity contribution in [3.63, 3.8) is 0 Å². The fraction of sp³-hybridized carbons (Fsp3) is 0.600. The zero-order valence-corrected chi connectivity index (χ0v) is 10.2. The Morgan fingerprint density at radius 3 is 3.00 bits per heavy atom. The van der Waals surface area contributed by atoms with Crippen LogP contribution < -0.4 is 11.0 Å². The van der Waals surface area contributed by atoms with E-state index in [1.165, 1.54) is 10.8 Å². The van der Waals surface area contributed by atoms with E-state index in [1.54, 1.807) is 7.11 Å². The first-order valence-electron chi connectivity index (χ1n) is 5.55. The molecule has 0 aliphatic rings. The van der Waals surface area contributed by atoms with Gasteiger partial charge >= 0.3 is 11.4 Å². The van der Waals surface area contributed by atoms with Gasteiger partial charge in [0.15, 0.2) is 0 Å². The Balaban J connectivity index is 2.44. The zero-order valence-electron chi connectivity index (χ0n) is 10.2. The van der Waals surface area contributed by atoms with E-state index in [0.717, 1.165) is 19.2 Å². The van der Waals surface area contributed by atoms with Crippen LogP contribution in [0.1, 0.15) is 6.42 Å². The van der Waals surface area contributed by atoms with Gasteiger partial charge < -0.3 is 10.1 Å². The van der Waals surface area contributed by atoms with Crippen LogP contribution in [0.2, 0.25) is 0 Å². The summed E-state index contributed by atoms with van der Waals surface area (Å²) in [5, 5.41) is 13.6. The van der Waals surface area contributed by atoms with Gasteiger partial charge in [0.2, 0.25) is 0 Å². The van der Waals surface area contributed by atoms with E-state index in [9.17, 15) is 14.9 Å². The molecule has 0 aromatic carbocycles. The van der Waals surface area contributed by atoms with E-state index >= 15 is 0 Å². The molecule has 8 nitrogen and oxygen atoms in total. The molecule has 0 bridgehead atoms. The topological polar surface area (TPSA) is 99.3 Å². The fourth-order valence-corrected chi connectivity index (χ4v) is 1.36. The first-order chi connectivity index (χ1) is 8.65. The number of nitrogens with zero attached hydrogens (tertiary/aromatic N) is 3. The lowest BCUT2D eigenvalue weighted by molar-refractivity contribution is -0.385. The molecule has 1 aromatic heterocycles. The third-order valence-electron chi connectivity index (χ3n) is 2.28. The van der Waals surface area contributed by atoms with Gasteiger partial charge in [-0.3, -0.25) is 14.7 Å². The standard InChI is InChI=1S/C10H16N4O4/c1-18-6-2-3-11-4-5-13-8-9(14(16)17)7-12-10(13)15/h7-8,11H,2-6H2,1H3. The van der Waals surface area contributed by atoms with Gasteiger partial charge in [0.25, 0.3) is 0 Å². The van der Waals surface area contributed by atoms with Gasteiger partial charge in [-0.15, -0.1) is 0 Å². The SMILES string of the molecule is COCCCNCCn1cc([N+](=O)[O-])cnc1=O. The van der Waals surface area contributed by atoms with Crippen LogP contribution in [-0.2, 0) is 11.3 Å². The van der Waals surface area contributed by atoms with Gasteiger partial charge in [-0.25, -0.2) is 4.79 Å². The number of rotatable bonds is 8. The Labute approximate surface area is 104 Å². The van der Waals surface area contributed by atoms with Gasteiger partial charge in [0, 0.05) is 26.8 Å². The minimum absolute atomic E-state index is 0.186. The van der Waals surface area contributed by atoms with Crippen molar-refractivity contribution >= 4 is 5.69 Å². The first kappa shape index (κ1) is 14.3. The molecule has 0 amide bonds. The molecule has 0 unspecified atom stereocenters. The van der Waals surface area contributed by atoms with E-state index in [0.29, 0.717) is 19.7 Å². The first-order valence-corrected chi connectivity index (χ1v) is 5.55. The van der Waals surface area contributed by atoms with Gasteiger partial charge in [-0.05, 0) is 13.0 Å². The Hall–Kier alpha value is -1.80. The lowest BCUT2D eigenvalue weighted by Crippen LogP contribution is -2.29. The second-order valence-electron chi connectivity index (χ2n) is 3.64. The summed E-state index contributed by atoms with van der Waals surface area (Å²) in [6.45, 7) is 2.34. The molecular weight excluding hydrogens is 240 g/mol. The predicted molar refractivity (Wildman–Crippen MR) is 64.5 cm³/mol. The molecule has 1 heterocycles. The average molecular weight is 256 g/mol. The largest absolute Gasteiger partial charge is 0.385 e. The quantitative estimate of drug-likeness (QED) is 0.392. The third kappa shape index (κ3) is 4.60. The molecular formula is C10H16N4O4. The van der Waals surface area contributed by atoms with E-state index in [-0.39, 0.29) is 5.69 Å². The lowest BCUT2D eigenvalue weighted by Gasteiger charge is -2.06. The predicted octanol–water partition coefficient (Wildman–Crippen LogP) is -0.222. The Morgan fingerprint density at radius 2 is 2.33 bits per heavy atom. The molecule has 0 saturated carbocycles. The summed E-state index contributed by atoms with van der Waals surface area (Å²) < 4.78 is 6.11. The van der Waals surface area contributed by atoms with Crippen LogP contribution in [0, 0.1) is 10.1 Å². The Morgan fingerprint density at radius 1 is 1.56 bits per heavy atom. The van der Waals surface area contributed by atoms with Crippen LogP contribution in [0.25, 0.3) is 0 Å². The number of methoxy groups -OCH3 is 1. The molecule has 0 aliphatic carbocycles. The number of ether oxygens (including phenoxy) is 1. The van der Waals surface area contributed by atoms with Crippen LogP contribution in [0.4, 0.5) is 5.69 Å². The van der Waals surface area contributed by atoms with Gasteiger partial charge in [0.1, 0.15) is 6.20 Å². The van der Waals surface area contributed by atoms with Crippen LogP contribution in [0.3, 0.4) is 0 Å². The minimum atomic E-state index is -0.574. The van der Waals surface area contributed by atoms with Crippen LogP contribution in [-0.4, -0.2) is 41.3 Å². The highest BCUT2D eigenvalue weighted by Gasteiger charge is 2.08. The summed E-state index contributed by atoms with van der Waals surface area (Å²) >= 11 is 0. The maximum Gasteiger partial charge on any atom is 0.348 e. The Kier molecular flexibility index (Phi) is 5.95. The molecule has 0 spiro atoms. The number of nitrogens with one attached hydrogen (secondary N) is 1. The van der Waals surface area contributed by atoms with Crippen molar-refractivity contribution in [1.82, 2.24) is 14.9 Å². The molecule has 18 heavy (non-hydrogen) atoms. The summed E-state index contributed by atoms with van der Waals surface area (Å²) in [6.07, 6.45) is 3.04. The van der Waals surface area contributed by atoms with Crippen molar-refractivity contribution in [3.8, 4) is 0 Å². The monoisotopic (exact) mass is 256 g/mol. The molecule has 100 valence electrons.